The molecule has 0 saturated carbocycles. The van der Waals surface area contributed by atoms with E-state index in [0.29, 0.717) is 12.0 Å². The van der Waals surface area contributed by atoms with Crippen LogP contribution in [0.3, 0.4) is 0 Å². The Kier molecular flexibility index (Phi) is 5.12. The van der Waals surface area contributed by atoms with Crippen molar-refractivity contribution >= 4 is 18.5 Å². The minimum absolute atomic E-state index is 0.161. The molecule has 0 aliphatic carbocycles. The van der Waals surface area contributed by atoms with Crippen LogP contribution in [0.2, 0.25) is 0 Å². The molecular formula is C12H24N2OS. The van der Waals surface area contributed by atoms with Crippen LogP contribution in [0.4, 0.5) is 0 Å². The zero-order valence-corrected chi connectivity index (χ0v) is 11.7. The number of likely N-dealkylation sites (N-methyl/N-ethyl adjacent to an activating group) is 1. The standard InChI is InChI=1S/C12H24N2OS/c1-9(2)11(16)12(15)14-7-5-6-13(4)8-10(14)3/h9-11,16H,5-8H2,1-4H3. The van der Waals surface area contributed by atoms with Crippen molar-refractivity contribution in [1.82, 2.24) is 9.80 Å². The van der Waals surface area contributed by atoms with Crippen LogP contribution in [-0.2, 0) is 4.79 Å². The van der Waals surface area contributed by atoms with Crippen LogP contribution >= 0.6 is 12.6 Å². The second kappa shape index (κ2) is 5.92. The number of hydrogen-bond acceptors (Lipinski definition) is 3. The van der Waals surface area contributed by atoms with E-state index in [1.165, 1.54) is 0 Å². The van der Waals surface area contributed by atoms with Gasteiger partial charge in [0.2, 0.25) is 5.91 Å². The van der Waals surface area contributed by atoms with Gasteiger partial charge in [0.1, 0.15) is 0 Å². The van der Waals surface area contributed by atoms with E-state index >= 15 is 0 Å². The Bertz CT molecular complexity index is 245. The molecule has 3 nitrogen and oxygen atoms in total. The van der Waals surface area contributed by atoms with Crippen molar-refractivity contribution in [3.05, 3.63) is 0 Å². The summed E-state index contributed by atoms with van der Waals surface area (Å²) in [6.45, 7) is 9.13. The van der Waals surface area contributed by atoms with Gasteiger partial charge in [-0.05, 0) is 32.9 Å². The molecule has 0 bridgehead atoms. The molecule has 1 heterocycles. The highest BCUT2D eigenvalue weighted by molar-refractivity contribution is 7.81. The van der Waals surface area contributed by atoms with E-state index in [1.807, 2.05) is 18.7 Å². The van der Waals surface area contributed by atoms with Crippen molar-refractivity contribution in [3.8, 4) is 0 Å². The highest BCUT2D eigenvalue weighted by Gasteiger charge is 2.29. The van der Waals surface area contributed by atoms with E-state index in [-0.39, 0.29) is 11.2 Å². The zero-order chi connectivity index (χ0) is 12.3. The molecule has 94 valence electrons. The summed E-state index contributed by atoms with van der Waals surface area (Å²) in [7, 11) is 2.12. The van der Waals surface area contributed by atoms with Gasteiger partial charge < -0.3 is 9.80 Å². The average molecular weight is 244 g/mol. The fourth-order valence-electron chi connectivity index (χ4n) is 2.15. The highest BCUT2D eigenvalue weighted by atomic mass is 32.1. The Morgan fingerprint density at radius 2 is 2.00 bits per heavy atom. The van der Waals surface area contributed by atoms with Crippen LogP contribution in [0.1, 0.15) is 27.2 Å². The van der Waals surface area contributed by atoms with E-state index < -0.39 is 0 Å². The van der Waals surface area contributed by atoms with Gasteiger partial charge in [-0.1, -0.05) is 13.8 Å². The molecule has 1 rings (SSSR count). The monoisotopic (exact) mass is 244 g/mol. The second-order valence-electron chi connectivity index (χ2n) is 5.19. The minimum atomic E-state index is -0.161. The normalized spacial score (nSPS) is 25.6. The summed E-state index contributed by atoms with van der Waals surface area (Å²) in [5.74, 6) is 0.491. The van der Waals surface area contributed by atoms with E-state index in [9.17, 15) is 4.79 Å². The molecule has 0 aromatic carbocycles. The topological polar surface area (TPSA) is 23.6 Å². The van der Waals surface area contributed by atoms with Crippen molar-refractivity contribution in [2.24, 2.45) is 5.92 Å². The lowest BCUT2D eigenvalue weighted by Gasteiger charge is -2.31. The number of rotatable bonds is 2. The van der Waals surface area contributed by atoms with E-state index in [1.54, 1.807) is 0 Å². The SMILES string of the molecule is CC(C)C(S)C(=O)N1CCCN(C)CC1C. The van der Waals surface area contributed by atoms with Crippen LogP contribution in [0, 0.1) is 5.92 Å². The van der Waals surface area contributed by atoms with Gasteiger partial charge in [0.05, 0.1) is 5.25 Å². The van der Waals surface area contributed by atoms with Gasteiger partial charge in [0.15, 0.2) is 0 Å². The maximum atomic E-state index is 12.2. The first kappa shape index (κ1) is 13.8. The van der Waals surface area contributed by atoms with Crippen LogP contribution in [0.15, 0.2) is 0 Å². The Morgan fingerprint density at radius 1 is 1.38 bits per heavy atom. The minimum Gasteiger partial charge on any atom is -0.338 e. The fraction of sp³-hybridized carbons (Fsp3) is 0.917. The molecule has 2 unspecified atom stereocenters. The predicted molar refractivity (Wildman–Crippen MR) is 70.9 cm³/mol. The maximum absolute atomic E-state index is 12.2. The van der Waals surface area contributed by atoms with Gasteiger partial charge in [-0.2, -0.15) is 12.6 Å². The fourth-order valence-corrected chi connectivity index (χ4v) is 2.30. The lowest BCUT2D eigenvalue weighted by atomic mass is 10.1. The molecular weight excluding hydrogens is 220 g/mol. The van der Waals surface area contributed by atoms with E-state index in [4.69, 9.17) is 0 Å². The van der Waals surface area contributed by atoms with E-state index in [0.717, 1.165) is 26.1 Å². The van der Waals surface area contributed by atoms with Crippen LogP contribution < -0.4 is 0 Å². The lowest BCUT2D eigenvalue weighted by Crippen LogP contribution is -2.46. The van der Waals surface area contributed by atoms with Crippen LogP contribution in [-0.4, -0.2) is 53.7 Å². The number of carbonyl (C=O) groups excluding carboxylic acids is 1. The Hall–Kier alpha value is -0.220. The molecule has 0 aromatic heterocycles. The molecule has 2 atom stereocenters. The summed E-state index contributed by atoms with van der Waals surface area (Å²) in [4.78, 5) is 16.5. The summed E-state index contributed by atoms with van der Waals surface area (Å²) in [5, 5.41) is -0.161. The first-order chi connectivity index (χ1) is 7.43. The van der Waals surface area contributed by atoms with Crippen molar-refractivity contribution in [3.63, 3.8) is 0 Å². The molecule has 1 saturated heterocycles. The third-order valence-corrected chi connectivity index (χ3v) is 4.03. The second-order valence-corrected chi connectivity index (χ2v) is 5.74. The van der Waals surface area contributed by atoms with Gasteiger partial charge in [0.25, 0.3) is 0 Å². The van der Waals surface area contributed by atoms with Crippen molar-refractivity contribution < 1.29 is 4.79 Å². The first-order valence-electron chi connectivity index (χ1n) is 6.10. The molecule has 1 aliphatic rings. The summed E-state index contributed by atoms with van der Waals surface area (Å²) in [6.07, 6.45) is 1.06. The highest BCUT2D eigenvalue weighted by Crippen LogP contribution is 2.17. The molecule has 16 heavy (non-hydrogen) atoms. The number of nitrogens with zero attached hydrogens (tertiary/aromatic N) is 2. The van der Waals surface area contributed by atoms with Gasteiger partial charge in [0, 0.05) is 19.1 Å². The molecule has 0 radical (unpaired) electrons. The van der Waals surface area contributed by atoms with Crippen molar-refractivity contribution in [1.29, 1.82) is 0 Å². The molecule has 1 fully saturated rings. The van der Waals surface area contributed by atoms with Crippen molar-refractivity contribution in [2.75, 3.05) is 26.7 Å². The quantitative estimate of drug-likeness (QED) is 0.744. The summed E-state index contributed by atoms with van der Waals surface area (Å²) in [5.41, 5.74) is 0. The van der Waals surface area contributed by atoms with Gasteiger partial charge in [-0.15, -0.1) is 0 Å². The average Bonchev–Trinajstić information content (AvgIpc) is 2.37. The van der Waals surface area contributed by atoms with Crippen LogP contribution in [0.25, 0.3) is 0 Å². The van der Waals surface area contributed by atoms with Crippen LogP contribution in [0.5, 0.6) is 0 Å². The maximum Gasteiger partial charge on any atom is 0.235 e. The first-order valence-corrected chi connectivity index (χ1v) is 6.62. The molecule has 0 aromatic rings. The molecule has 1 amide bonds. The third-order valence-electron chi connectivity index (χ3n) is 3.21. The number of carbonyl (C=O) groups is 1. The lowest BCUT2D eigenvalue weighted by molar-refractivity contribution is -0.133. The summed E-state index contributed by atoms with van der Waals surface area (Å²) >= 11 is 4.42. The molecule has 0 spiro atoms. The third kappa shape index (κ3) is 3.39. The predicted octanol–water partition coefficient (Wildman–Crippen LogP) is 1.49. The Balaban J connectivity index is 2.67. The molecule has 4 heteroatoms. The molecule has 1 aliphatic heterocycles. The number of thiol groups is 1. The Morgan fingerprint density at radius 3 is 2.56 bits per heavy atom. The summed E-state index contributed by atoms with van der Waals surface area (Å²) < 4.78 is 0. The van der Waals surface area contributed by atoms with Gasteiger partial charge in [-0.25, -0.2) is 0 Å². The molecule has 0 N–H and O–H groups in total. The van der Waals surface area contributed by atoms with E-state index in [2.05, 4.69) is 31.5 Å². The zero-order valence-electron chi connectivity index (χ0n) is 10.8. The van der Waals surface area contributed by atoms with Gasteiger partial charge in [-0.3, -0.25) is 4.79 Å². The largest absolute Gasteiger partial charge is 0.338 e. The number of hydrogen-bond donors (Lipinski definition) is 1. The van der Waals surface area contributed by atoms with Crippen molar-refractivity contribution in [2.45, 2.75) is 38.5 Å². The Labute approximate surface area is 105 Å². The summed E-state index contributed by atoms with van der Waals surface area (Å²) in [6, 6.07) is 0.299. The smallest absolute Gasteiger partial charge is 0.235 e. The van der Waals surface area contributed by atoms with Gasteiger partial charge >= 0.3 is 0 Å². The number of amides is 1.